The van der Waals surface area contributed by atoms with Crippen LogP contribution >= 0.6 is 0 Å². The third-order valence-corrected chi connectivity index (χ3v) is 2.21. The number of aromatic nitrogens is 1. The van der Waals surface area contributed by atoms with E-state index in [2.05, 4.69) is 4.98 Å². The second-order valence-electron chi connectivity index (χ2n) is 3.64. The zero-order valence-electron chi connectivity index (χ0n) is 9.74. The highest BCUT2D eigenvalue weighted by Crippen LogP contribution is 2.05. The quantitative estimate of drug-likeness (QED) is 0.720. The summed E-state index contributed by atoms with van der Waals surface area (Å²) in [7, 11) is 0. The zero-order valence-corrected chi connectivity index (χ0v) is 9.74. The number of carbonyl (C=O) groups is 1. The Labute approximate surface area is 95.3 Å². The minimum Gasteiger partial charge on any atom is -0.337 e. The summed E-state index contributed by atoms with van der Waals surface area (Å²) in [6, 6.07) is 4.29. The van der Waals surface area contributed by atoms with Crippen LogP contribution in [-0.2, 0) is 0 Å². The van der Waals surface area contributed by atoms with E-state index < -0.39 is 5.95 Å². The molecule has 0 N–H and O–H groups in total. The second kappa shape index (κ2) is 6.20. The Kier molecular flexibility index (Phi) is 4.89. The van der Waals surface area contributed by atoms with Crippen LogP contribution in [0.4, 0.5) is 4.39 Å². The lowest BCUT2D eigenvalue weighted by Gasteiger charge is -2.20. The van der Waals surface area contributed by atoms with Crippen LogP contribution in [0.25, 0.3) is 0 Å². The molecule has 1 aromatic rings. The molecule has 1 heterocycles. The third kappa shape index (κ3) is 3.29. The molecule has 16 heavy (non-hydrogen) atoms. The first-order valence-corrected chi connectivity index (χ1v) is 5.60. The van der Waals surface area contributed by atoms with Crippen molar-refractivity contribution in [3.63, 3.8) is 0 Å². The number of halogens is 1. The molecule has 0 aliphatic rings. The van der Waals surface area contributed by atoms with Gasteiger partial charge in [0.2, 0.25) is 5.95 Å². The first kappa shape index (κ1) is 12.6. The van der Waals surface area contributed by atoms with Gasteiger partial charge in [-0.25, -0.2) is 4.98 Å². The third-order valence-electron chi connectivity index (χ3n) is 2.21. The molecule has 0 aliphatic carbocycles. The lowest BCUT2D eigenvalue weighted by Crippen LogP contribution is -2.33. The molecule has 0 unspecified atom stereocenters. The molecule has 0 fully saturated rings. The Morgan fingerprint density at radius 1 is 1.31 bits per heavy atom. The van der Waals surface area contributed by atoms with Gasteiger partial charge in [-0.3, -0.25) is 4.79 Å². The van der Waals surface area contributed by atoms with Crippen LogP contribution < -0.4 is 0 Å². The van der Waals surface area contributed by atoms with E-state index in [9.17, 15) is 9.18 Å². The molecular weight excluding hydrogens is 207 g/mol. The number of rotatable bonds is 5. The fourth-order valence-electron chi connectivity index (χ4n) is 1.54. The summed E-state index contributed by atoms with van der Waals surface area (Å²) < 4.78 is 12.9. The predicted molar refractivity (Wildman–Crippen MR) is 60.7 cm³/mol. The van der Waals surface area contributed by atoms with Gasteiger partial charge in [-0.1, -0.05) is 19.9 Å². The minimum absolute atomic E-state index is 0.182. The maximum absolute atomic E-state index is 12.9. The highest BCUT2D eigenvalue weighted by Gasteiger charge is 2.15. The second-order valence-corrected chi connectivity index (χ2v) is 3.64. The fourth-order valence-corrected chi connectivity index (χ4v) is 1.54. The van der Waals surface area contributed by atoms with E-state index in [0.717, 1.165) is 12.8 Å². The van der Waals surface area contributed by atoms with Gasteiger partial charge >= 0.3 is 0 Å². The van der Waals surface area contributed by atoms with Gasteiger partial charge < -0.3 is 4.90 Å². The van der Waals surface area contributed by atoms with Gasteiger partial charge in [0.15, 0.2) is 0 Å². The highest BCUT2D eigenvalue weighted by molar-refractivity contribution is 5.92. The Hall–Kier alpha value is -1.45. The van der Waals surface area contributed by atoms with Gasteiger partial charge in [0, 0.05) is 13.1 Å². The minimum atomic E-state index is -0.612. The Morgan fingerprint density at radius 2 is 1.94 bits per heavy atom. The monoisotopic (exact) mass is 224 g/mol. The molecule has 88 valence electrons. The Bertz CT molecular complexity index is 349. The molecule has 0 spiro atoms. The lowest BCUT2D eigenvalue weighted by molar-refractivity contribution is 0.0748. The van der Waals surface area contributed by atoms with Crippen LogP contribution in [0.2, 0.25) is 0 Å². The fraction of sp³-hybridized carbons (Fsp3) is 0.500. The van der Waals surface area contributed by atoms with Crippen molar-refractivity contribution in [1.82, 2.24) is 9.88 Å². The molecule has 1 amide bonds. The molecule has 0 radical (unpaired) electrons. The van der Waals surface area contributed by atoms with Crippen molar-refractivity contribution < 1.29 is 9.18 Å². The normalized spacial score (nSPS) is 10.2. The average molecular weight is 224 g/mol. The molecule has 0 saturated carbocycles. The highest BCUT2D eigenvalue weighted by atomic mass is 19.1. The Morgan fingerprint density at radius 3 is 2.44 bits per heavy atom. The van der Waals surface area contributed by atoms with Gasteiger partial charge in [-0.2, -0.15) is 4.39 Å². The molecular formula is C12H17FN2O. The molecule has 0 aromatic carbocycles. The summed E-state index contributed by atoms with van der Waals surface area (Å²) >= 11 is 0. The number of carbonyl (C=O) groups excluding carboxylic acids is 1. The smallest absolute Gasteiger partial charge is 0.272 e. The van der Waals surface area contributed by atoms with Gasteiger partial charge in [0.1, 0.15) is 5.69 Å². The summed E-state index contributed by atoms with van der Waals surface area (Å²) in [5.74, 6) is -0.804. The van der Waals surface area contributed by atoms with E-state index in [1.165, 1.54) is 12.1 Å². The van der Waals surface area contributed by atoms with Gasteiger partial charge in [0.05, 0.1) is 0 Å². The van der Waals surface area contributed by atoms with E-state index in [0.29, 0.717) is 13.1 Å². The van der Waals surface area contributed by atoms with Crippen molar-refractivity contribution in [2.45, 2.75) is 26.7 Å². The van der Waals surface area contributed by atoms with Crippen molar-refractivity contribution >= 4 is 5.91 Å². The van der Waals surface area contributed by atoms with Gasteiger partial charge in [0.25, 0.3) is 5.91 Å². The number of hydrogen-bond acceptors (Lipinski definition) is 2. The van der Waals surface area contributed by atoms with Crippen molar-refractivity contribution in [3.05, 3.63) is 29.8 Å². The average Bonchev–Trinajstić information content (AvgIpc) is 2.28. The molecule has 1 aromatic heterocycles. The van der Waals surface area contributed by atoms with Crippen LogP contribution in [0.15, 0.2) is 18.2 Å². The molecule has 0 atom stereocenters. The number of pyridine rings is 1. The zero-order chi connectivity index (χ0) is 12.0. The van der Waals surface area contributed by atoms with Crippen LogP contribution in [-0.4, -0.2) is 28.9 Å². The molecule has 3 nitrogen and oxygen atoms in total. The molecule has 0 bridgehead atoms. The van der Waals surface area contributed by atoms with Crippen LogP contribution in [0, 0.1) is 5.95 Å². The van der Waals surface area contributed by atoms with E-state index in [1.807, 2.05) is 13.8 Å². The Balaban J connectivity index is 2.81. The van der Waals surface area contributed by atoms with Crippen LogP contribution in [0.1, 0.15) is 37.2 Å². The summed E-state index contributed by atoms with van der Waals surface area (Å²) in [5.41, 5.74) is 0.182. The maximum atomic E-state index is 12.9. The summed E-state index contributed by atoms with van der Waals surface area (Å²) in [6.45, 7) is 5.39. The van der Waals surface area contributed by atoms with Gasteiger partial charge in [-0.05, 0) is 25.0 Å². The topological polar surface area (TPSA) is 33.2 Å². The van der Waals surface area contributed by atoms with E-state index in [4.69, 9.17) is 0 Å². The maximum Gasteiger partial charge on any atom is 0.272 e. The SMILES string of the molecule is CCCN(CCC)C(=O)c1cccc(F)n1. The first-order valence-electron chi connectivity index (χ1n) is 5.60. The lowest BCUT2D eigenvalue weighted by atomic mass is 10.3. The van der Waals surface area contributed by atoms with E-state index in [1.54, 1.807) is 11.0 Å². The van der Waals surface area contributed by atoms with Crippen LogP contribution in [0.5, 0.6) is 0 Å². The van der Waals surface area contributed by atoms with E-state index >= 15 is 0 Å². The summed E-state index contributed by atoms with van der Waals surface area (Å²) in [6.07, 6.45) is 1.78. The molecule has 4 heteroatoms. The van der Waals surface area contributed by atoms with Crippen molar-refractivity contribution in [2.75, 3.05) is 13.1 Å². The van der Waals surface area contributed by atoms with Crippen molar-refractivity contribution in [1.29, 1.82) is 0 Å². The number of hydrogen-bond donors (Lipinski definition) is 0. The predicted octanol–water partition coefficient (Wildman–Crippen LogP) is 2.48. The summed E-state index contributed by atoms with van der Waals surface area (Å²) in [4.78, 5) is 17.3. The molecule has 1 rings (SSSR count). The summed E-state index contributed by atoms with van der Waals surface area (Å²) in [5, 5.41) is 0. The number of amides is 1. The largest absolute Gasteiger partial charge is 0.337 e. The number of nitrogens with zero attached hydrogens (tertiary/aromatic N) is 2. The first-order chi connectivity index (χ1) is 7.69. The molecule has 0 saturated heterocycles. The molecule has 0 aliphatic heterocycles. The van der Waals surface area contributed by atoms with E-state index in [-0.39, 0.29) is 11.6 Å². The van der Waals surface area contributed by atoms with Gasteiger partial charge in [-0.15, -0.1) is 0 Å². The van der Waals surface area contributed by atoms with Crippen molar-refractivity contribution in [2.24, 2.45) is 0 Å². The van der Waals surface area contributed by atoms with Crippen LogP contribution in [0.3, 0.4) is 0 Å². The standard InChI is InChI=1S/C12H17FN2O/c1-3-8-15(9-4-2)12(16)10-6-5-7-11(13)14-10/h5-7H,3-4,8-9H2,1-2H3. The van der Waals surface area contributed by atoms with Crippen molar-refractivity contribution in [3.8, 4) is 0 Å².